The Hall–Kier alpha value is -3.90. The SMILES string of the molecule is O=C(Nc1ccc(Cl)c(-c2nc3ncc(-c4ccccc4)cc3o2)c1)c1ccco1. The predicted octanol–water partition coefficient (Wildman–Crippen LogP) is 6.06. The first-order chi connectivity index (χ1) is 14.7. The number of carbonyl (C=O) groups is 1. The summed E-state index contributed by atoms with van der Waals surface area (Å²) in [4.78, 5) is 21.1. The van der Waals surface area contributed by atoms with Crippen molar-refractivity contribution in [2.24, 2.45) is 0 Å². The second kappa shape index (κ2) is 7.50. The zero-order valence-corrected chi connectivity index (χ0v) is 16.3. The molecule has 0 aliphatic carbocycles. The topological polar surface area (TPSA) is 81.2 Å². The van der Waals surface area contributed by atoms with Crippen molar-refractivity contribution in [2.75, 3.05) is 5.32 Å². The zero-order chi connectivity index (χ0) is 20.5. The Morgan fingerprint density at radius 3 is 2.63 bits per heavy atom. The van der Waals surface area contributed by atoms with Gasteiger partial charge in [-0.25, -0.2) is 4.98 Å². The highest BCUT2D eigenvalue weighted by molar-refractivity contribution is 6.33. The molecule has 5 aromatic rings. The molecule has 0 aliphatic heterocycles. The molecular weight excluding hydrogens is 402 g/mol. The van der Waals surface area contributed by atoms with Crippen molar-refractivity contribution in [1.29, 1.82) is 0 Å². The first-order valence-electron chi connectivity index (χ1n) is 9.14. The van der Waals surface area contributed by atoms with Crippen LogP contribution in [-0.4, -0.2) is 15.9 Å². The molecule has 0 aliphatic rings. The Morgan fingerprint density at radius 1 is 0.967 bits per heavy atom. The van der Waals surface area contributed by atoms with Gasteiger partial charge in [0.2, 0.25) is 5.89 Å². The Morgan fingerprint density at radius 2 is 1.83 bits per heavy atom. The molecule has 0 radical (unpaired) electrons. The maximum atomic E-state index is 12.2. The van der Waals surface area contributed by atoms with E-state index >= 15 is 0 Å². The van der Waals surface area contributed by atoms with Crippen LogP contribution in [0.25, 0.3) is 33.8 Å². The molecule has 0 atom stereocenters. The molecule has 2 aromatic carbocycles. The van der Waals surface area contributed by atoms with E-state index in [0.717, 1.165) is 11.1 Å². The van der Waals surface area contributed by atoms with Gasteiger partial charge in [0.15, 0.2) is 17.0 Å². The number of halogens is 1. The zero-order valence-electron chi connectivity index (χ0n) is 15.5. The number of amides is 1. The van der Waals surface area contributed by atoms with Gasteiger partial charge in [-0.05, 0) is 42.0 Å². The highest BCUT2D eigenvalue weighted by atomic mass is 35.5. The van der Waals surface area contributed by atoms with Crippen molar-refractivity contribution >= 4 is 34.4 Å². The number of carbonyl (C=O) groups excluding carboxylic acids is 1. The second-order valence-electron chi connectivity index (χ2n) is 6.56. The first kappa shape index (κ1) is 18.1. The van der Waals surface area contributed by atoms with E-state index in [-0.39, 0.29) is 11.7 Å². The molecule has 146 valence electrons. The average Bonchev–Trinajstić information content (AvgIpc) is 3.45. The highest BCUT2D eigenvalue weighted by Crippen LogP contribution is 2.33. The molecule has 7 heteroatoms. The molecule has 1 N–H and O–H groups in total. The Bertz CT molecular complexity index is 1350. The van der Waals surface area contributed by atoms with Crippen molar-refractivity contribution in [1.82, 2.24) is 9.97 Å². The van der Waals surface area contributed by atoms with Crippen molar-refractivity contribution in [2.45, 2.75) is 0 Å². The summed E-state index contributed by atoms with van der Waals surface area (Å²) < 4.78 is 11.1. The number of hydrogen-bond acceptors (Lipinski definition) is 5. The second-order valence-corrected chi connectivity index (χ2v) is 6.96. The van der Waals surface area contributed by atoms with E-state index in [1.54, 1.807) is 36.5 Å². The van der Waals surface area contributed by atoms with Crippen LogP contribution >= 0.6 is 11.6 Å². The summed E-state index contributed by atoms with van der Waals surface area (Å²) in [6, 6.07) is 20.1. The third-order valence-electron chi connectivity index (χ3n) is 4.55. The minimum absolute atomic E-state index is 0.214. The molecule has 30 heavy (non-hydrogen) atoms. The molecular formula is C23H14ClN3O3. The summed E-state index contributed by atoms with van der Waals surface area (Å²) >= 11 is 6.37. The van der Waals surface area contributed by atoms with Gasteiger partial charge < -0.3 is 14.2 Å². The van der Waals surface area contributed by atoms with Gasteiger partial charge >= 0.3 is 0 Å². The lowest BCUT2D eigenvalue weighted by Crippen LogP contribution is -2.10. The Balaban J connectivity index is 1.49. The van der Waals surface area contributed by atoms with Gasteiger partial charge in [-0.15, -0.1) is 0 Å². The molecule has 3 heterocycles. The van der Waals surface area contributed by atoms with Gasteiger partial charge in [-0.3, -0.25) is 4.79 Å². The molecule has 6 nitrogen and oxygen atoms in total. The number of fused-ring (bicyclic) bond motifs is 1. The largest absolute Gasteiger partial charge is 0.459 e. The van der Waals surface area contributed by atoms with E-state index in [4.69, 9.17) is 20.4 Å². The number of nitrogens with one attached hydrogen (secondary N) is 1. The predicted molar refractivity (Wildman–Crippen MR) is 114 cm³/mol. The smallest absolute Gasteiger partial charge is 0.291 e. The highest BCUT2D eigenvalue weighted by Gasteiger charge is 2.16. The van der Waals surface area contributed by atoms with Crippen LogP contribution in [0.1, 0.15) is 10.6 Å². The average molecular weight is 416 g/mol. The summed E-state index contributed by atoms with van der Waals surface area (Å²) in [5, 5.41) is 3.21. The van der Waals surface area contributed by atoms with E-state index in [1.807, 2.05) is 36.4 Å². The first-order valence-corrected chi connectivity index (χ1v) is 9.52. The number of aromatic nitrogens is 2. The van der Waals surface area contributed by atoms with Crippen LogP contribution in [0.2, 0.25) is 5.02 Å². The monoisotopic (exact) mass is 415 g/mol. The quantitative estimate of drug-likeness (QED) is 0.386. The molecule has 0 spiro atoms. The van der Waals surface area contributed by atoms with Crippen LogP contribution < -0.4 is 5.32 Å². The molecule has 0 saturated carbocycles. The Labute approximate surface area is 176 Å². The van der Waals surface area contributed by atoms with Crippen LogP contribution in [0, 0.1) is 0 Å². The number of anilines is 1. The van der Waals surface area contributed by atoms with Crippen molar-refractivity contribution in [3.63, 3.8) is 0 Å². The van der Waals surface area contributed by atoms with Crippen molar-refractivity contribution < 1.29 is 13.6 Å². The number of rotatable bonds is 4. The minimum atomic E-state index is -0.361. The molecule has 0 unspecified atom stereocenters. The molecule has 0 fully saturated rings. The van der Waals surface area contributed by atoms with E-state index in [9.17, 15) is 4.79 Å². The third-order valence-corrected chi connectivity index (χ3v) is 4.88. The van der Waals surface area contributed by atoms with Gasteiger partial charge in [0, 0.05) is 17.4 Å². The number of nitrogens with zero attached hydrogens (tertiary/aromatic N) is 2. The fourth-order valence-electron chi connectivity index (χ4n) is 3.09. The van der Waals surface area contributed by atoms with Crippen LogP contribution in [-0.2, 0) is 0 Å². The molecule has 5 rings (SSSR count). The number of furan rings is 1. The number of benzene rings is 2. The van der Waals surface area contributed by atoms with Crippen molar-refractivity contribution in [3.8, 4) is 22.6 Å². The van der Waals surface area contributed by atoms with Gasteiger partial charge in [0.05, 0.1) is 16.8 Å². The standard InChI is InChI=1S/C23H14ClN3O3/c24-18-9-8-16(26-22(28)19-7-4-10-29-19)12-17(18)23-27-21-20(30-23)11-15(13-25-21)14-5-2-1-3-6-14/h1-13H,(H,26,28). The number of hydrogen-bond donors (Lipinski definition) is 1. The van der Waals surface area contributed by atoms with Gasteiger partial charge in [0.1, 0.15) is 0 Å². The lowest BCUT2D eigenvalue weighted by Gasteiger charge is -2.06. The van der Waals surface area contributed by atoms with E-state index in [0.29, 0.717) is 33.4 Å². The molecule has 1 amide bonds. The number of oxazole rings is 1. The third kappa shape index (κ3) is 3.44. The van der Waals surface area contributed by atoms with E-state index in [2.05, 4.69) is 15.3 Å². The Kier molecular flexibility index (Phi) is 4.53. The van der Waals surface area contributed by atoms with E-state index in [1.165, 1.54) is 6.26 Å². The summed E-state index contributed by atoms with van der Waals surface area (Å²) in [7, 11) is 0. The van der Waals surface area contributed by atoms with Crippen molar-refractivity contribution in [3.05, 3.63) is 90.0 Å². The maximum Gasteiger partial charge on any atom is 0.291 e. The maximum absolute atomic E-state index is 12.2. The summed E-state index contributed by atoms with van der Waals surface area (Å²) in [5.74, 6) is 0.174. The van der Waals surface area contributed by atoms with Gasteiger partial charge in [0.25, 0.3) is 5.91 Å². The van der Waals surface area contributed by atoms with Crippen LogP contribution in [0.4, 0.5) is 5.69 Å². The fourth-order valence-corrected chi connectivity index (χ4v) is 3.29. The van der Waals surface area contributed by atoms with E-state index < -0.39 is 0 Å². The summed E-state index contributed by atoms with van der Waals surface area (Å²) in [5.41, 5.74) is 4.07. The normalized spacial score (nSPS) is 11.0. The molecule has 0 saturated heterocycles. The van der Waals surface area contributed by atoms with Crippen LogP contribution in [0.5, 0.6) is 0 Å². The lowest BCUT2D eigenvalue weighted by molar-refractivity contribution is 0.0996. The molecule has 0 bridgehead atoms. The summed E-state index contributed by atoms with van der Waals surface area (Å²) in [6.07, 6.45) is 3.20. The fraction of sp³-hybridized carbons (Fsp3) is 0. The van der Waals surface area contributed by atoms with Crippen LogP contribution in [0.15, 0.2) is 88.0 Å². The van der Waals surface area contributed by atoms with Crippen LogP contribution in [0.3, 0.4) is 0 Å². The van der Waals surface area contributed by atoms with Gasteiger partial charge in [-0.1, -0.05) is 41.9 Å². The minimum Gasteiger partial charge on any atom is -0.459 e. The van der Waals surface area contributed by atoms with Gasteiger partial charge in [-0.2, -0.15) is 4.98 Å². The molecule has 3 aromatic heterocycles. The lowest BCUT2D eigenvalue weighted by atomic mass is 10.1. The summed E-state index contributed by atoms with van der Waals surface area (Å²) in [6.45, 7) is 0. The number of pyridine rings is 1.